The van der Waals surface area contributed by atoms with Gasteiger partial charge in [-0.1, -0.05) is 0 Å². The minimum absolute atomic E-state index is 0.111. The van der Waals surface area contributed by atoms with Crippen molar-refractivity contribution in [3.63, 3.8) is 0 Å². The lowest BCUT2D eigenvalue weighted by Gasteiger charge is -2.38. The Balaban J connectivity index is 2.34. The highest BCUT2D eigenvalue weighted by molar-refractivity contribution is 8.14. The van der Waals surface area contributed by atoms with Crippen molar-refractivity contribution < 1.29 is 35.1 Å². The van der Waals surface area contributed by atoms with Gasteiger partial charge in [0.25, 0.3) is 0 Å². The minimum atomic E-state index is -4.83. The first-order chi connectivity index (χ1) is 13.5. The molecule has 0 aliphatic carbocycles. The molecular weight excluding hydrogens is 440 g/mol. The topological polar surface area (TPSA) is 93.8 Å². The lowest BCUT2D eigenvalue weighted by molar-refractivity contribution is -0.141. The number of imidazole rings is 1. The van der Waals surface area contributed by atoms with Crippen LogP contribution in [0.1, 0.15) is 18.2 Å². The number of fused-ring (bicyclic) bond motifs is 1. The van der Waals surface area contributed by atoms with E-state index in [0.29, 0.717) is 18.5 Å². The van der Waals surface area contributed by atoms with Crippen molar-refractivity contribution in [2.45, 2.75) is 24.2 Å². The molecule has 0 aliphatic heterocycles. The van der Waals surface area contributed by atoms with Crippen LogP contribution < -0.4 is 0 Å². The van der Waals surface area contributed by atoms with E-state index in [1.54, 1.807) is 0 Å². The van der Waals surface area contributed by atoms with E-state index in [9.17, 15) is 35.1 Å². The van der Waals surface area contributed by atoms with Crippen LogP contribution in [0.2, 0.25) is 0 Å². The van der Waals surface area contributed by atoms with Gasteiger partial charge < -0.3 is 4.57 Å². The van der Waals surface area contributed by atoms with Crippen LogP contribution in [0.3, 0.4) is 0 Å². The molecule has 7 nitrogen and oxygen atoms in total. The van der Waals surface area contributed by atoms with E-state index in [2.05, 4.69) is 19.9 Å². The van der Waals surface area contributed by atoms with E-state index >= 15 is 0 Å². The van der Waals surface area contributed by atoms with Crippen molar-refractivity contribution in [3.05, 3.63) is 29.7 Å². The third-order valence-corrected chi connectivity index (χ3v) is 7.31. The van der Waals surface area contributed by atoms with E-state index in [1.807, 2.05) is 0 Å². The third kappa shape index (κ3) is 3.76. The fourth-order valence-electron chi connectivity index (χ4n) is 2.63. The molecule has 0 aromatic carbocycles. The second kappa shape index (κ2) is 6.44. The Labute approximate surface area is 165 Å². The quantitative estimate of drug-likeness (QED) is 0.605. The Morgan fingerprint density at radius 3 is 2.23 bits per heavy atom. The molecule has 0 amide bonds. The van der Waals surface area contributed by atoms with Crippen molar-refractivity contribution >= 4 is 20.6 Å². The van der Waals surface area contributed by atoms with E-state index < -0.39 is 49.3 Å². The van der Waals surface area contributed by atoms with Gasteiger partial charge in [0.15, 0.2) is 22.8 Å². The van der Waals surface area contributed by atoms with Gasteiger partial charge in [0.05, 0.1) is 16.7 Å². The molecule has 3 rings (SSSR count). The van der Waals surface area contributed by atoms with E-state index in [1.165, 1.54) is 14.0 Å². The Morgan fingerprint density at radius 2 is 1.70 bits per heavy atom. The molecule has 0 aliphatic rings. The third-order valence-electron chi connectivity index (χ3n) is 4.51. The van der Waals surface area contributed by atoms with E-state index in [-0.39, 0.29) is 17.2 Å². The van der Waals surface area contributed by atoms with Gasteiger partial charge in [-0.15, -0.1) is 0 Å². The predicted molar refractivity (Wildman–Crippen MR) is 95.0 cm³/mol. The molecule has 0 unspecified atom stereocenters. The Kier molecular flexibility index (Phi) is 4.74. The van der Waals surface area contributed by atoms with Gasteiger partial charge in [0, 0.05) is 25.3 Å². The monoisotopic (exact) mass is 455 g/mol. The molecule has 0 radical (unpaired) electrons. The van der Waals surface area contributed by atoms with Gasteiger partial charge >= 0.3 is 12.4 Å². The molecular formula is C16H15F6N5O2S. The van der Waals surface area contributed by atoms with Gasteiger partial charge in [-0.05, 0) is 13.0 Å². The fourth-order valence-corrected chi connectivity index (χ4v) is 4.01. The Hall–Kier alpha value is -2.61. The summed E-state index contributed by atoms with van der Waals surface area (Å²) in [6.07, 6.45) is -7.79. The highest BCUT2D eigenvalue weighted by Crippen LogP contribution is 2.40. The molecule has 0 fully saturated rings. The molecule has 3 heterocycles. The highest BCUT2D eigenvalue weighted by Gasteiger charge is 2.37. The standard InChI is InChI=1S/C16H15F6N5O2S/c1-4-30(3,28,29)9-5-8(15(17,18)19)6-23-11(9)13-26-12-14(27(13)2)24-7-10(25-12)16(20,21)22/h5-7H,4H2,1-3H3,(H,28,29). The zero-order valence-corrected chi connectivity index (χ0v) is 16.5. The number of hydrogen-bond donors (Lipinski definition) is 1. The number of aromatic nitrogens is 5. The summed E-state index contributed by atoms with van der Waals surface area (Å²) in [7, 11) is -3.47. The first-order valence-corrected chi connectivity index (χ1v) is 10.7. The second-order valence-electron chi connectivity index (χ2n) is 6.73. The predicted octanol–water partition coefficient (Wildman–Crippen LogP) is 3.76. The molecule has 14 heteroatoms. The summed E-state index contributed by atoms with van der Waals surface area (Å²) in [6, 6.07) is 0.502. The molecule has 30 heavy (non-hydrogen) atoms. The highest BCUT2D eigenvalue weighted by atomic mass is 32.3. The van der Waals surface area contributed by atoms with Crippen molar-refractivity contribution in [2.24, 2.45) is 7.05 Å². The van der Waals surface area contributed by atoms with Gasteiger partial charge in [0.2, 0.25) is 0 Å². The van der Waals surface area contributed by atoms with Crippen LogP contribution in [0.15, 0.2) is 23.4 Å². The smallest absolute Gasteiger partial charge is 0.309 e. The molecule has 3 aromatic rings. The number of aryl methyl sites for hydroxylation is 1. The number of pyridine rings is 1. The number of halogens is 6. The maximum absolute atomic E-state index is 13.2. The van der Waals surface area contributed by atoms with Crippen LogP contribution in [-0.2, 0) is 28.7 Å². The number of alkyl halides is 6. The van der Waals surface area contributed by atoms with Crippen LogP contribution >= 0.6 is 0 Å². The first kappa shape index (κ1) is 22.1. The molecule has 1 N–H and O–H groups in total. The summed E-state index contributed by atoms with van der Waals surface area (Å²) in [5, 5.41) is 0. The maximum atomic E-state index is 13.2. The van der Waals surface area contributed by atoms with E-state index in [0.717, 1.165) is 10.8 Å². The molecule has 0 atom stereocenters. The minimum Gasteiger partial charge on any atom is -0.309 e. The lowest BCUT2D eigenvalue weighted by Crippen LogP contribution is -2.34. The van der Waals surface area contributed by atoms with Crippen LogP contribution in [0.4, 0.5) is 26.3 Å². The average Bonchev–Trinajstić information content (AvgIpc) is 2.96. The van der Waals surface area contributed by atoms with Crippen LogP contribution in [-0.4, -0.2) is 45.3 Å². The SMILES string of the molecule is CCS(C)(=O)(O)c1cc(C(F)(F)F)cnc1-c1nc2nc(C(F)(F)F)cnc2n1C. The van der Waals surface area contributed by atoms with Crippen molar-refractivity contribution in [3.8, 4) is 11.5 Å². The lowest BCUT2D eigenvalue weighted by atomic mass is 10.2. The number of nitrogens with zero attached hydrogens (tertiary/aromatic N) is 5. The summed E-state index contributed by atoms with van der Waals surface area (Å²) in [5.41, 5.74) is -3.50. The Bertz CT molecular complexity index is 1210. The second-order valence-corrected chi connectivity index (χ2v) is 10.7. The van der Waals surface area contributed by atoms with Gasteiger partial charge in [0.1, 0.15) is 5.69 Å². The van der Waals surface area contributed by atoms with Gasteiger partial charge in [-0.3, -0.25) is 9.54 Å². The van der Waals surface area contributed by atoms with E-state index in [4.69, 9.17) is 0 Å². The van der Waals surface area contributed by atoms with Gasteiger partial charge in [-0.2, -0.15) is 35.7 Å². The van der Waals surface area contributed by atoms with Crippen molar-refractivity contribution in [1.82, 2.24) is 24.5 Å². The molecule has 0 bridgehead atoms. The number of hydrogen-bond acceptors (Lipinski definition) is 5. The molecule has 0 saturated heterocycles. The molecule has 3 aromatic heterocycles. The zero-order valence-electron chi connectivity index (χ0n) is 15.7. The van der Waals surface area contributed by atoms with Crippen LogP contribution in [0.25, 0.3) is 22.8 Å². The van der Waals surface area contributed by atoms with Gasteiger partial charge in [-0.25, -0.2) is 19.2 Å². The normalized spacial score (nSPS) is 14.7. The molecule has 0 spiro atoms. The first-order valence-electron chi connectivity index (χ1n) is 8.25. The summed E-state index contributed by atoms with van der Waals surface area (Å²) in [6.45, 7) is 1.31. The largest absolute Gasteiger partial charge is 0.434 e. The summed E-state index contributed by atoms with van der Waals surface area (Å²) in [5.74, 6) is -0.678. The summed E-state index contributed by atoms with van der Waals surface area (Å²) < 4.78 is 103. The van der Waals surface area contributed by atoms with Crippen molar-refractivity contribution in [1.29, 1.82) is 0 Å². The summed E-state index contributed by atoms with van der Waals surface area (Å²) in [4.78, 5) is 14.0. The zero-order chi connectivity index (χ0) is 22.7. The summed E-state index contributed by atoms with van der Waals surface area (Å²) >= 11 is 0. The van der Waals surface area contributed by atoms with Crippen LogP contribution in [0.5, 0.6) is 0 Å². The fraction of sp³-hybridized carbons (Fsp3) is 0.375. The van der Waals surface area contributed by atoms with Crippen molar-refractivity contribution in [2.75, 3.05) is 12.0 Å². The maximum Gasteiger partial charge on any atom is 0.434 e. The number of rotatable bonds is 3. The Morgan fingerprint density at radius 1 is 1.07 bits per heavy atom. The molecule has 164 valence electrons. The van der Waals surface area contributed by atoms with Crippen LogP contribution in [0, 0.1) is 0 Å². The molecule has 0 saturated carbocycles. The average molecular weight is 455 g/mol.